The van der Waals surface area contributed by atoms with Gasteiger partial charge in [-0.1, -0.05) is 30.3 Å². The summed E-state index contributed by atoms with van der Waals surface area (Å²) in [5.74, 6) is 1.21. The summed E-state index contributed by atoms with van der Waals surface area (Å²) in [5, 5.41) is 3.38. The normalized spacial score (nSPS) is 21.7. The summed E-state index contributed by atoms with van der Waals surface area (Å²) < 4.78 is 0. The Labute approximate surface area is 124 Å². The number of nitrogens with zero attached hydrogens (tertiary/aromatic N) is 1. The van der Waals surface area contributed by atoms with Gasteiger partial charge in [0.05, 0.1) is 4.87 Å². The summed E-state index contributed by atoms with van der Waals surface area (Å²) in [6.07, 6.45) is 5.76. The quantitative estimate of drug-likeness (QED) is 0.848. The molecular formula is C16H20N2OS. The van der Waals surface area contributed by atoms with Gasteiger partial charge in [-0.05, 0) is 37.6 Å². The molecule has 2 saturated heterocycles. The molecule has 0 atom stereocenters. The molecule has 1 aromatic rings. The topological polar surface area (TPSA) is 32.3 Å². The first-order valence-corrected chi connectivity index (χ1v) is 8.18. The average Bonchev–Trinajstić information content (AvgIpc) is 2.90. The van der Waals surface area contributed by atoms with E-state index in [4.69, 9.17) is 0 Å². The number of hydrogen-bond acceptors (Lipinski definition) is 3. The first kappa shape index (κ1) is 13.7. The van der Waals surface area contributed by atoms with E-state index in [1.807, 2.05) is 48.2 Å². The Morgan fingerprint density at radius 2 is 2.00 bits per heavy atom. The minimum absolute atomic E-state index is 0.0450. The Balaban J connectivity index is 1.71. The second kappa shape index (κ2) is 6.02. The lowest BCUT2D eigenvalue weighted by Crippen LogP contribution is -2.51. The van der Waals surface area contributed by atoms with Crippen molar-refractivity contribution >= 4 is 23.7 Å². The zero-order chi connectivity index (χ0) is 13.8. The summed E-state index contributed by atoms with van der Waals surface area (Å²) in [7, 11) is 0. The van der Waals surface area contributed by atoms with Gasteiger partial charge in [-0.3, -0.25) is 4.79 Å². The smallest absolute Gasteiger partial charge is 0.247 e. The molecule has 0 aromatic heterocycles. The van der Waals surface area contributed by atoms with E-state index >= 15 is 0 Å². The van der Waals surface area contributed by atoms with Crippen LogP contribution in [0.5, 0.6) is 0 Å². The van der Waals surface area contributed by atoms with Gasteiger partial charge in [0.15, 0.2) is 0 Å². The van der Waals surface area contributed by atoms with Gasteiger partial charge in [-0.25, -0.2) is 0 Å². The predicted octanol–water partition coefficient (Wildman–Crippen LogP) is 2.35. The van der Waals surface area contributed by atoms with Crippen LogP contribution in [0.3, 0.4) is 0 Å². The van der Waals surface area contributed by atoms with Crippen molar-refractivity contribution in [2.24, 2.45) is 0 Å². The molecule has 0 bridgehead atoms. The highest BCUT2D eigenvalue weighted by Gasteiger charge is 2.44. The molecular weight excluding hydrogens is 268 g/mol. The van der Waals surface area contributed by atoms with Crippen LogP contribution in [0, 0.1) is 0 Å². The summed E-state index contributed by atoms with van der Waals surface area (Å²) in [6.45, 7) is 2.90. The second-order valence-electron chi connectivity index (χ2n) is 5.28. The first-order chi connectivity index (χ1) is 9.80. The van der Waals surface area contributed by atoms with Gasteiger partial charge in [-0.15, -0.1) is 11.8 Å². The van der Waals surface area contributed by atoms with Crippen molar-refractivity contribution in [2.75, 3.05) is 25.4 Å². The van der Waals surface area contributed by atoms with Gasteiger partial charge >= 0.3 is 0 Å². The molecule has 106 valence electrons. The fraction of sp³-hybridized carbons (Fsp3) is 0.438. The fourth-order valence-corrected chi connectivity index (χ4v) is 4.46. The molecule has 4 heteroatoms. The van der Waals surface area contributed by atoms with Gasteiger partial charge in [0, 0.05) is 18.4 Å². The van der Waals surface area contributed by atoms with Crippen molar-refractivity contribution in [1.82, 2.24) is 10.2 Å². The third-order valence-electron chi connectivity index (χ3n) is 4.05. The van der Waals surface area contributed by atoms with Crippen molar-refractivity contribution in [3.05, 3.63) is 42.0 Å². The molecule has 3 nitrogen and oxygen atoms in total. The van der Waals surface area contributed by atoms with E-state index in [1.165, 1.54) is 0 Å². The molecule has 0 unspecified atom stereocenters. The van der Waals surface area contributed by atoms with Crippen molar-refractivity contribution in [1.29, 1.82) is 0 Å². The Kier molecular flexibility index (Phi) is 4.13. The molecule has 0 aliphatic carbocycles. The summed E-state index contributed by atoms with van der Waals surface area (Å²) >= 11 is 1.95. The van der Waals surface area contributed by atoms with Crippen molar-refractivity contribution in [2.45, 2.75) is 17.7 Å². The molecule has 2 fully saturated rings. The van der Waals surface area contributed by atoms with E-state index in [0.717, 1.165) is 43.8 Å². The van der Waals surface area contributed by atoms with E-state index in [0.29, 0.717) is 0 Å². The first-order valence-electron chi connectivity index (χ1n) is 7.20. The molecule has 2 aliphatic heterocycles. The van der Waals surface area contributed by atoms with Crippen LogP contribution in [0.2, 0.25) is 0 Å². The summed E-state index contributed by atoms with van der Waals surface area (Å²) in [4.78, 5) is 14.6. The lowest BCUT2D eigenvalue weighted by molar-refractivity contribution is -0.128. The number of hydrogen-bond donors (Lipinski definition) is 1. The van der Waals surface area contributed by atoms with E-state index in [9.17, 15) is 4.79 Å². The maximum absolute atomic E-state index is 12.5. The Morgan fingerprint density at radius 1 is 1.25 bits per heavy atom. The van der Waals surface area contributed by atoms with E-state index in [-0.39, 0.29) is 10.8 Å². The molecule has 2 aliphatic rings. The van der Waals surface area contributed by atoms with Gasteiger partial charge in [-0.2, -0.15) is 0 Å². The largest absolute Gasteiger partial charge is 0.324 e. The number of thioether (sulfide) groups is 1. The summed E-state index contributed by atoms with van der Waals surface area (Å²) in [6, 6.07) is 10.0. The van der Waals surface area contributed by atoms with Crippen LogP contribution in [0.25, 0.3) is 6.08 Å². The monoisotopic (exact) mass is 288 g/mol. The predicted molar refractivity (Wildman–Crippen MR) is 84.5 cm³/mol. The maximum atomic E-state index is 12.5. The Bertz CT molecular complexity index is 494. The lowest BCUT2D eigenvalue weighted by atomic mass is 10.0. The zero-order valence-corrected chi connectivity index (χ0v) is 12.4. The SMILES string of the molecule is O=C(/C=C/c1ccccc1)N1CCSC12CCNCC2. The minimum atomic E-state index is 0.0450. The van der Waals surface area contributed by atoms with Crippen molar-refractivity contribution < 1.29 is 4.79 Å². The van der Waals surface area contributed by atoms with Crippen LogP contribution in [0.1, 0.15) is 18.4 Å². The highest BCUT2D eigenvalue weighted by atomic mass is 32.2. The van der Waals surface area contributed by atoms with E-state index in [2.05, 4.69) is 10.2 Å². The number of carbonyl (C=O) groups excluding carboxylic acids is 1. The molecule has 2 heterocycles. The van der Waals surface area contributed by atoms with Crippen LogP contribution in [-0.4, -0.2) is 41.1 Å². The van der Waals surface area contributed by atoms with Crippen LogP contribution in [0.15, 0.2) is 36.4 Å². The van der Waals surface area contributed by atoms with Gasteiger partial charge in [0.1, 0.15) is 0 Å². The number of amides is 1. The molecule has 1 aromatic carbocycles. The third kappa shape index (κ3) is 2.76. The number of carbonyl (C=O) groups is 1. The fourth-order valence-electron chi connectivity index (χ4n) is 2.97. The zero-order valence-electron chi connectivity index (χ0n) is 11.5. The van der Waals surface area contributed by atoms with Crippen molar-refractivity contribution in [3.8, 4) is 0 Å². The highest BCUT2D eigenvalue weighted by Crippen LogP contribution is 2.42. The van der Waals surface area contributed by atoms with Gasteiger partial charge in [0.2, 0.25) is 5.91 Å². The molecule has 1 amide bonds. The van der Waals surface area contributed by atoms with Gasteiger partial charge < -0.3 is 10.2 Å². The number of nitrogens with one attached hydrogen (secondary N) is 1. The summed E-state index contributed by atoms with van der Waals surface area (Å²) in [5.41, 5.74) is 1.08. The van der Waals surface area contributed by atoms with Crippen LogP contribution >= 0.6 is 11.8 Å². The lowest BCUT2D eigenvalue weighted by Gasteiger charge is -2.40. The number of piperidine rings is 1. The van der Waals surface area contributed by atoms with Gasteiger partial charge in [0.25, 0.3) is 0 Å². The molecule has 1 spiro atoms. The Morgan fingerprint density at radius 3 is 2.75 bits per heavy atom. The van der Waals surface area contributed by atoms with E-state index in [1.54, 1.807) is 6.08 Å². The molecule has 0 saturated carbocycles. The molecule has 20 heavy (non-hydrogen) atoms. The third-order valence-corrected chi connectivity index (χ3v) is 5.60. The Hall–Kier alpha value is -1.26. The molecule has 1 N–H and O–H groups in total. The maximum Gasteiger partial charge on any atom is 0.247 e. The second-order valence-corrected chi connectivity index (χ2v) is 6.74. The van der Waals surface area contributed by atoms with Crippen LogP contribution in [-0.2, 0) is 4.79 Å². The number of benzene rings is 1. The standard InChI is InChI=1S/C16H20N2OS/c19-15(7-6-14-4-2-1-3-5-14)18-12-13-20-16(18)8-10-17-11-9-16/h1-7,17H,8-13H2/b7-6+. The van der Waals surface area contributed by atoms with Crippen LogP contribution in [0.4, 0.5) is 0 Å². The average molecular weight is 288 g/mol. The number of rotatable bonds is 2. The minimum Gasteiger partial charge on any atom is -0.324 e. The highest BCUT2D eigenvalue weighted by molar-refractivity contribution is 8.00. The van der Waals surface area contributed by atoms with Crippen molar-refractivity contribution in [3.63, 3.8) is 0 Å². The molecule has 3 rings (SSSR count). The molecule has 0 radical (unpaired) electrons. The van der Waals surface area contributed by atoms with E-state index < -0.39 is 0 Å². The van der Waals surface area contributed by atoms with Crippen LogP contribution < -0.4 is 5.32 Å².